The third-order valence-corrected chi connectivity index (χ3v) is 3.59. The number of nitrogen functional groups attached to an aromatic ring is 1. The zero-order valence-corrected chi connectivity index (χ0v) is 11.7. The molecule has 2 aromatic carbocycles. The van der Waals surface area contributed by atoms with Crippen molar-refractivity contribution in [2.75, 3.05) is 5.73 Å². The van der Waals surface area contributed by atoms with Crippen LogP contribution in [0.1, 0.15) is 5.56 Å². The smallest absolute Gasteiger partial charge is 0.230 e. The number of nitrogens with zero attached hydrogens (tertiary/aromatic N) is 1. The predicted molar refractivity (Wildman–Crippen MR) is 81.5 cm³/mol. The van der Waals surface area contributed by atoms with Crippen LogP contribution in [0.25, 0.3) is 22.4 Å². The molecule has 0 saturated carbocycles. The van der Waals surface area contributed by atoms with Gasteiger partial charge in [-0.15, -0.1) is 0 Å². The maximum absolute atomic E-state index is 6.24. The molecule has 2 N–H and O–H groups in total. The summed E-state index contributed by atoms with van der Waals surface area (Å²) in [5.41, 5.74) is 10.3. The fraction of sp³-hybridized carbons (Fsp3) is 0.0625. The van der Waals surface area contributed by atoms with Crippen molar-refractivity contribution in [1.29, 1.82) is 0 Å². The van der Waals surface area contributed by atoms with Gasteiger partial charge in [0.05, 0.1) is 10.6 Å². The van der Waals surface area contributed by atoms with Crippen molar-refractivity contribution in [1.82, 2.24) is 5.16 Å². The fourth-order valence-electron chi connectivity index (χ4n) is 2.25. The van der Waals surface area contributed by atoms with E-state index in [-0.39, 0.29) is 0 Å². The van der Waals surface area contributed by atoms with Crippen LogP contribution in [0.2, 0.25) is 5.02 Å². The van der Waals surface area contributed by atoms with E-state index in [0.29, 0.717) is 16.6 Å². The molecule has 0 aliphatic rings. The minimum absolute atomic E-state index is 0.300. The van der Waals surface area contributed by atoms with Crippen LogP contribution in [-0.4, -0.2) is 5.16 Å². The number of hydrogen-bond acceptors (Lipinski definition) is 3. The highest BCUT2D eigenvalue weighted by molar-refractivity contribution is 6.33. The molecule has 0 amide bonds. The van der Waals surface area contributed by atoms with Gasteiger partial charge in [-0.25, -0.2) is 0 Å². The molecule has 0 aliphatic carbocycles. The summed E-state index contributed by atoms with van der Waals surface area (Å²) in [6.45, 7) is 2.03. The molecule has 3 aromatic rings. The predicted octanol–water partition coefficient (Wildman–Crippen LogP) is 4.55. The monoisotopic (exact) mass is 284 g/mol. The molecule has 0 fully saturated rings. The van der Waals surface area contributed by atoms with Crippen molar-refractivity contribution in [3.63, 3.8) is 0 Å². The summed E-state index contributed by atoms with van der Waals surface area (Å²) < 4.78 is 5.18. The first-order valence-electron chi connectivity index (χ1n) is 6.24. The molecular weight excluding hydrogens is 272 g/mol. The van der Waals surface area contributed by atoms with Gasteiger partial charge in [0.2, 0.25) is 5.88 Å². The summed E-state index contributed by atoms with van der Waals surface area (Å²) >= 11 is 6.24. The van der Waals surface area contributed by atoms with E-state index in [1.54, 1.807) is 0 Å². The molecule has 4 heteroatoms. The molecule has 0 bridgehead atoms. The van der Waals surface area contributed by atoms with Crippen molar-refractivity contribution < 1.29 is 4.52 Å². The van der Waals surface area contributed by atoms with Crippen molar-refractivity contribution >= 4 is 17.5 Å². The van der Waals surface area contributed by atoms with E-state index in [0.717, 1.165) is 22.3 Å². The van der Waals surface area contributed by atoms with Gasteiger partial charge in [-0.3, -0.25) is 0 Å². The lowest BCUT2D eigenvalue weighted by Crippen LogP contribution is -1.90. The van der Waals surface area contributed by atoms with E-state index in [2.05, 4.69) is 5.16 Å². The number of nitrogens with two attached hydrogens (primary N) is 1. The summed E-state index contributed by atoms with van der Waals surface area (Å²) in [5.74, 6) is 0.300. The molecule has 1 aromatic heterocycles. The number of anilines is 1. The first-order valence-corrected chi connectivity index (χ1v) is 6.62. The molecule has 3 nitrogen and oxygen atoms in total. The zero-order chi connectivity index (χ0) is 14.1. The second kappa shape index (κ2) is 5.02. The normalized spacial score (nSPS) is 10.7. The summed E-state index contributed by atoms with van der Waals surface area (Å²) in [6.07, 6.45) is 0. The van der Waals surface area contributed by atoms with Crippen LogP contribution < -0.4 is 5.73 Å². The van der Waals surface area contributed by atoms with Gasteiger partial charge in [0, 0.05) is 5.56 Å². The van der Waals surface area contributed by atoms with Crippen molar-refractivity contribution in [3.05, 3.63) is 59.1 Å². The Balaban J connectivity index is 2.26. The minimum atomic E-state index is 0.300. The lowest BCUT2D eigenvalue weighted by molar-refractivity contribution is 0.439. The van der Waals surface area contributed by atoms with Gasteiger partial charge in [0.15, 0.2) is 0 Å². The maximum Gasteiger partial charge on any atom is 0.230 e. The minimum Gasteiger partial charge on any atom is -0.367 e. The standard InChI is InChI=1S/C16H13ClN2O/c1-10-6-2-3-7-11(10)14-15(19-20-16(14)18)12-8-4-5-9-13(12)17/h2-9H,18H2,1H3. The van der Waals surface area contributed by atoms with E-state index in [1.807, 2.05) is 55.5 Å². The van der Waals surface area contributed by atoms with E-state index in [1.165, 1.54) is 0 Å². The van der Waals surface area contributed by atoms with E-state index >= 15 is 0 Å². The Morgan fingerprint density at radius 3 is 2.35 bits per heavy atom. The van der Waals surface area contributed by atoms with Crippen LogP contribution in [0.5, 0.6) is 0 Å². The number of rotatable bonds is 2. The van der Waals surface area contributed by atoms with Gasteiger partial charge in [0.25, 0.3) is 0 Å². The number of halogens is 1. The van der Waals surface area contributed by atoms with Gasteiger partial charge in [-0.05, 0) is 24.1 Å². The Labute approximate surface area is 122 Å². The molecule has 0 aliphatic heterocycles. The lowest BCUT2D eigenvalue weighted by atomic mass is 9.97. The number of aryl methyl sites for hydroxylation is 1. The third kappa shape index (κ3) is 2.06. The quantitative estimate of drug-likeness (QED) is 0.751. The van der Waals surface area contributed by atoms with Crippen molar-refractivity contribution in [3.8, 4) is 22.4 Å². The largest absolute Gasteiger partial charge is 0.367 e. The van der Waals surface area contributed by atoms with Gasteiger partial charge in [0.1, 0.15) is 5.69 Å². The first kappa shape index (κ1) is 12.8. The maximum atomic E-state index is 6.24. The Hall–Kier alpha value is -2.26. The Morgan fingerprint density at radius 2 is 1.65 bits per heavy atom. The molecule has 1 heterocycles. The number of hydrogen-bond donors (Lipinski definition) is 1. The SMILES string of the molecule is Cc1ccccc1-c1c(-c2ccccc2Cl)noc1N. The second-order valence-electron chi connectivity index (χ2n) is 4.57. The van der Waals surface area contributed by atoms with E-state index < -0.39 is 0 Å². The topological polar surface area (TPSA) is 52.0 Å². The van der Waals surface area contributed by atoms with E-state index in [9.17, 15) is 0 Å². The van der Waals surface area contributed by atoms with Crippen LogP contribution in [0.3, 0.4) is 0 Å². The highest BCUT2D eigenvalue weighted by Crippen LogP contribution is 2.39. The first-order chi connectivity index (χ1) is 9.68. The highest BCUT2D eigenvalue weighted by atomic mass is 35.5. The van der Waals surface area contributed by atoms with Gasteiger partial charge in [-0.1, -0.05) is 59.2 Å². The van der Waals surface area contributed by atoms with Crippen LogP contribution in [0, 0.1) is 6.92 Å². The zero-order valence-electron chi connectivity index (χ0n) is 10.9. The highest BCUT2D eigenvalue weighted by Gasteiger charge is 2.20. The molecule has 0 radical (unpaired) electrons. The van der Waals surface area contributed by atoms with Gasteiger partial charge >= 0.3 is 0 Å². The average molecular weight is 285 g/mol. The van der Waals surface area contributed by atoms with Crippen molar-refractivity contribution in [2.24, 2.45) is 0 Å². The average Bonchev–Trinajstić information content (AvgIpc) is 2.82. The third-order valence-electron chi connectivity index (χ3n) is 3.26. The molecule has 3 rings (SSSR count). The molecule has 0 saturated heterocycles. The lowest BCUT2D eigenvalue weighted by Gasteiger charge is -2.07. The van der Waals surface area contributed by atoms with Crippen molar-refractivity contribution in [2.45, 2.75) is 6.92 Å². The van der Waals surface area contributed by atoms with Gasteiger partial charge < -0.3 is 10.3 Å². The summed E-state index contributed by atoms with van der Waals surface area (Å²) in [6, 6.07) is 15.5. The Bertz CT molecular complexity index is 765. The van der Waals surface area contributed by atoms with Crippen LogP contribution in [0.4, 0.5) is 5.88 Å². The molecule has 100 valence electrons. The molecule has 0 unspecified atom stereocenters. The molecule has 0 atom stereocenters. The summed E-state index contributed by atoms with van der Waals surface area (Å²) in [4.78, 5) is 0. The van der Waals surface area contributed by atoms with Crippen LogP contribution in [-0.2, 0) is 0 Å². The van der Waals surface area contributed by atoms with Crippen LogP contribution >= 0.6 is 11.6 Å². The molecule has 0 spiro atoms. The Kier molecular flexibility index (Phi) is 3.20. The molecular formula is C16H13ClN2O. The van der Waals surface area contributed by atoms with E-state index in [4.69, 9.17) is 21.9 Å². The number of aromatic nitrogens is 1. The number of benzene rings is 2. The summed E-state index contributed by atoms with van der Waals surface area (Å²) in [5, 5.41) is 4.70. The van der Waals surface area contributed by atoms with Crippen LogP contribution in [0.15, 0.2) is 53.1 Å². The van der Waals surface area contributed by atoms with Gasteiger partial charge in [-0.2, -0.15) is 0 Å². The fourth-order valence-corrected chi connectivity index (χ4v) is 2.48. The summed E-state index contributed by atoms with van der Waals surface area (Å²) in [7, 11) is 0. The Morgan fingerprint density at radius 1 is 1.00 bits per heavy atom. The molecule has 20 heavy (non-hydrogen) atoms. The second-order valence-corrected chi connectivity index (χ2v) is 4.97.